The number of amides is 5. The van der Waals surface area contributed by atoms with Crippen LogP contribution in [0.3, 0.4) is 0 Å². The van der Waals surface area contributed by atoms with E-state index in [9.17, 15) is 19.2 Å². The zero-order valence-corrected chi connectivity index (χ0v) is 16.9. The van der Waals surface area contributed by atoms with Crippen molar-refractivity contribution in [3.63, 3.8) is 0 Å². The van der Waals surface area contributed by atoms with Crippen molar-refractivity contribution in [2.24, 2.45) is 0 Å². The lowest BCUT2D eigenvalue weighted by Gasteiger charge is -2.25. The predicted molar refractivity (Wildman–Crippen MR) is 104 cm³/mol. The fraction of sp³-hybridized carbons (Fsp3) is 0.500. The van der Waals surface area contributed by atoms with Crippen LogP contribution in [0.25, 0.3) is 0 Å². The first-order valence-corrected chi connectivity index (χ1v) is 9.85. The third-order valence-electron chi connectivity index (χ3n) is 5.44. The average Bonchev–Trinajstić information content (AvgIpc) is 3.50. The van der Waals surface area contributed by atoms with Gasteiger partial charge >= 0.3 is 6.03 Å². The number of hydrogen-bond donors (Lipinski definition) is 2. The van der Waals surface area contributed by atoms with Gasteiger partial charge in [0.15, 0.2) is 11.5 Å². The molecule has 5 amide bonds. The Bertz CT molecular complexity index is 915. The Labute approximate surface area is 173 Å². The van der Waals surface area contributed by atoms with Crippen molar-refractivity contribution in [2.45, 2.75) is 31.3 Å². The van der Waals surface area contributed by atoms with Crippen molar-refractivity contribution in [3.8, 4) is 11.5 Å². The van der Waals surface area contributed by atoms with Crippen LogP contribution in [0.15, 0.2) is 18.2 Å². The average molecular weight is 416 g/mol. The fourth-order valence-corrected chi connectivity index (χ4v) is 3.45. The van der Waals surface area contributed by atoms with Crippen LogP contribution in [0.5, 0.6) is 11.5 Å². The van der Waals surface area contributed by atoms with Crippen molar-refractivity contribution >= 4 is 23.8 Å². The second-order valence-corrected chi connectivity index (χ2v) is 7.90. The van der Waals surface area contributed by atoms with E-state index in [1.165, 1.54) is 11.9 Å². The maximum Gasteiger partial charge on any atom is 0.325 e. The van der Waals surface area contributed by atoms with Gasteiger partial charge < -0.3 is 25.0 Å². The molecule has 0 spiro atoms. The minimum atomic E-state index is -1.34. The van der Waals surface area contributed by atoms with Gasteiger partial charge in [-0.25, -0.2) is 4.79 Å². The van der Waals surface area contributed by atoms with E-state index in [-0.39, 0.29) is 18.5 Å². The number of nitrogens with zero attached hydrogens (tertiary/aromatic N) is 2. The van der Waals surface area contributed by atoms with Crippen LogP contribution in [0.4, 0.5) is 4.79 Å². The third-order valence-corrected chi connectivity index (χ3v) is 5.44. The molecule has 1 saturated heterocycles. The summed E-state index contributed by atoms with van der Waals surface area (Å²) < 4.78 is 11.1. The van der Waals surface area contributed by atoms with Gasteiger partial charge in [0.1, 0.15) is 25.3 Å². The molecule has 4 rings (SSSR count). The molecule has 10 heteroatoms. The molecule has 0 bridgehead atoms. The molecule has 0 radical (unpaired) electrons. The smallest absolute Gasteiger partial charge is 0.325 e. The van der Waals surface area contributed by atoms with Gasteiger partial charge in [-0.05, 0) is 37.5 Å². The molecule has 1 aromatic rings. The summed E-state index contributed by atoms with van der Waals surface area (Å²) in [6.45, 7) is 1.85. The molecule has 30 heavy (non-hydrogen) atoms. The second kappa shape index (κ2) is 7.51. The molecule has 1 aliphatic carbocycles. The molecular weight excluding hydrogens is 392 g/mol. The quantitative estimate of drug-likeness (QED) is 0.629. The van der Waals surface area contributed by atoms with Crippen LogP contribution in [0, 0.1) is 0 Å². The molecule has 10 nitrogen and oxygen atoms in total. The summed E-state index contributed by atoms with van der Waals surface area (Å²) in [6.07, 6.45) is 1.90. The van der Waals surface area contributed by atoms with Gasteiger partial charge in [0, 0.05) is 13.1 Å². The normalized spacial score (nSPS) is 22.5. The Morgan fingerprint density at radius 2 is 1.93 bits per heavy atom. The number of nitrogens with one attached hydrogen (secondary N) is 2. The lowest BCUT2D eigenvalue weighted by molar-refractivity contribution is -0.139. The molecule has 1 saturated carbocycles. The zero-order chi connectivity index (χ0) is 21.5. The molecule has 2 fully saturated rings. The van der Waals surface area contributed by atoms with E-state index < -0.39 is 29.9 Å². The van der Waals surface area contributed by atoms with E-state index in [1.54, 1.807) is 25.1 Å². The fourth-order valence-electron chi connectivity index (χ4n) is 3.45. The molecule has 2 N–H and O–H groups in total. The third kappa shape index (κ3) is 3.77. The monoisotopic (exact) mass is 416 g/mol. The minimum absolute atomic E-state index is 0.127. The Kier molecular flexibility index (Phi) is 5.00. The van der Waals surface area contributed by atoms with E-state index in [4.69, 9.17) is 9.47 Å². The van der Waals surface area contributed by atoms with Crippen LogP contribution in [0.2, 0.25) is 0 Å². The van der Waals surface area contributed by atoms with Crippen LogP contribution in [-0.2, 0) is 19.9 Å². The van der Waals surface area contributed by atoms with E-state index >= 15 is 0 Å². The Morgan fingerprint density at radius 1 is 1.23 bits per heavy atom. The highest BCUT2D eigenvalue weighted by Crippen LogP contribution is 2.36. The van der Waals surface area contributed by atoms with Gasteiger partial charge in [0.2, 0.25) is 11.8 Å². The van der Waals surface area contributed by atoms with Gasteiger partial charge in [0.05, 0.1) is 6.54 Å². The standard InChI is InChI=1S/C20H24N4O6/c1-20(12-3-6-14-15(9-12)30-8-7-29-14)18(27)24(19(28)22-20)11-17(26)23(2)10-16(25)21-13-4-5-13/h3,6,9,13H,4-5,7-8,10-11H2,1-2H3,(H,21,25)(H,22,28)/t20-/m0/s1. The molecule has 1 aromatic carbocycles. The van der Waals surface area contributed by atoms with Crippen LogP contribution < -0.4 is 20.1 Å². The zero-order valence-electron chi connectivity index (χ0n) is 16.9. The number of imide groups is 1. The highest BCUT2D eigenvalue weighted by Gasteiger charge is 2.50. The number of likely N-dealkylation sites (N-methyl/N-ethyl adjacent to an activating group) is 1. The summed E-state index contributed by atoms with van der Waals surface area (Å²) in [5.74, 6) is -0.239. The number of urea groups is 1. The van der Waals surface area contributed by atoms with E-state index in [0.29, 0.717) is 30.3 Å². The molecule has 2 heterocycles. The molecule has 0 unspecified atom stereocenters. The highest BCUT2D eigenvalue weighted by molar-refractivity contribution is 6.09. The maximum atomic E-state index is 13.1. The van der Waals surface area contributed by atoms with Crippen molar-refractivity contribution < 1.29 is 28.7 Å². The second-order valence-electron chi connectivity index (χ2n) is 7.90. The van der Waals surface area contributed by atoms with Crippen molar-refractivity contribution in [3.05, 3.63) is 23.8 Å². The molecule has 1 atom stereocenters. The number of carbonyl (C=O) groups is 4. The number of benzene rings is 1. The number of fused-ring (bicyclic) bond motifs is 1. The molecule has 160 valence electrons. The predicted octanol–water partition coefficient (Wildman–Crippen LogP) is -0.0382. The SMILES string of the molecule is CN(CC(=O)NC1CC1)C(=O)CN1C(=O)N[C@@](C)(c2ccc3c(c2)OCCO3)C1=O. The molecule has 0 aromatic heterocycles. The lowest BCUT2D eigenvalue weighted by atomic mass is 9.91. The van der Waals surface area contributed by atoms with Crippen LogP contribution in [-0.4, -0.2) is 72.9 Å². The lowest BCUT2D eigenvalue weighted by Crippen LogP contribution is -2.46. The van der Waals surface area contributed by atoms with E-state index in [2.05, 4.69) is 10.6 Å². The summed E-state index contributed by atoms with van der Waals surface area (Å²) in [4.78, 5) is 52.0. The Hall–Kier alpha value is -3.30. The van der Waals surface area contributed by atoms with Crippen molar-refractivity contribution in [2.75, 3.05) is 33.4 Å². The van der Waals surface area contributed by atoms with Crippen LogP contribution in [0.1, 0.15) is 25.3 Å². The summed E-state index contributed by atoms with van der Waals surface area (Å²) in [5, 5.41) is 5.46. The summed E-state index contributed by atoms with van der Waals surface area (Å²) in [7, 11) is 1.47. The minimum Gasteiger partial charge on any atom is -0.486 e. The van der Waals surface area contributed by atoms with Gasteiger partial charge in [-0.2, -0.15) is 0 Å². The Balaban J connectivity index is 1.44. The number of carbonyl (C=O) groups excluding carboxylic acids is 4. The van der Waals surface area contributed by atoms with E-state index in [0.717, 1.165) is 17.7 Å². The first-order valence-electron chi connectivity index (χ1n) is 9.85. The maximum absolute atomic E-state index is 13.1. The topological polar surface area (TPSA) is 117 Å². The number of ether oxygens (including phenoxy) is 2. The summed E-state index contributed by atoms with van der Waals surface area (Å²) in [5.41, 5.74) is -0.813. The molecule has 2 aliphatic heterocycles. The van der Waals surface area contributed by atoms with Crippen molar-refractivity contribution in [1.29, 1.82) is 0 Å². The summed E-state index contributed by atoms with van der Waals surface area (Å²) in [6, 6.07) is 4.56. The first-order chi connectivity index (χ1) is 14.3. The van der Waals surface area contributed by atoms with Gasteiger partial charge in [0.25, 0.3) is 5.91 Å². The molecular formula is C20H24N4O6. The van der Waals surface area contributed by atoms with Crippen LogP contribution >= 0.6 is 0 Å². The van der Waals surface area contributed by atoms with Crippen molar-refractivity contribution in [1.82, 2.24) is 20.4 Å². The highest BCUT2D eigenvalue weighted by atomic mass is 16.6. The van der Waals surface area contributed by atoms with Gasteiger partial charge in [-0.15, -0.1) is 0 Å². The largest absolute Gasteiger partial charge is 0.486 e. The summed E-state index contributed by atoms with van der Waals surface area (Å²) >= 11 is 0. The number of rotatable bonds is 6. The molecule has 3 aliphatic rings. The first kappa shape index (κ1) is 20.0. The Morgan fingerprint density at radius 3 is 2.63 bits per heavy atom. The van der Waals surface area contributed by atoms with Gasteiger partial charge in [-0.1, -0.05) is 6.07 Å². The van der Waals surface area contributed by atoms with E-state index in [1.807, 2.05) is 0 Å². The van der Waals surface area contributed by atoms with Gasteiger partial charge in [-0.3, -0.25) is 19.3 Å². The number of hydrogen-bond acceptors (Lipinski definition) is 6.